The third-order valence-corrected chi connectivity index (χ3v) is 2.53. The molecule has 0 saturated heterocycles. The van der Waals surface area contributed by atoms with Gasteiger partial charge in [-0.25, -0.2) is 4.39 Å². The molecule has 0 fully saturated rings. The maximum absolute atomic E-state index is 13.1. The molecule has 0 saturated carbocycles. The van der Waals surface area contributed by atoms with E-state index in [4.69, 9.17) is 27.9 Å². The Morgan fingerprint density at radius 1 is 1.18 bits per heavy atom. The predicted molar refractivity (Wildman–Crippen MR) is 63.1 cm³/mol. The fraction of sp³-hybridized carbons (Fsp3) is 0.0909. The lowest BCUT2D eigenvalue weighted by atomic mass is 10.3. The summed E-state index contributed by atoms with van der Waals surface area (Å²) < 4.78 is 18.4. The molecular formula is C11H7Cl2FN2O. The van der Waals surface area contributed by atoms with Crippen molar-refractivity contribution in [2.75, 3.05) is 0 Å². The Morgan fingerprint density at radius 2 is 2.00 bits per heavy atom. The van der Waals surface area contributed by atoms with Gasteiger partial charge >= 0.3 is 0 Å². The third kappa shape index (κ3) is 3.05. The van der Waals surface area contributed by atoms with Crippen LogP contribution in [0.2, 0.25) is 5.02 Å². The highest BCUT2D eigenvalue weighted by molar-refractivity contribution is 6.30. The van der Waals surface area contributed by atoms with E-state index in [-0.39, 0.29) is 16.8 Å². The number of hydrogen-bond acceptors (Lipinski definition) is 3. The van der Waals surface area contributed by atoms with Gasteiger partial charge in [0.2, 0.25) is 5.88 Å². The summed E-state index contributed by atoms with van der Waals surface area (Å²) in [5, 5.41) is 7.63. The van der Waals surface area contributed by atoms with Gasteiger partial charge in [-0.2, -0.15) is 5.10 Å². The Balaban J connectivity index is 2.16. The lowest BCUT2D eigenvalue weighted by Gasteiger charge is -2.04. The van der Waals surface area contributed by atoms with E-state index in [1.54, 1.807) is 18.2 Å². The van der Waals surface area contributed by atoms with E-state index in [0.29, 0.717) is 11.4 Å². The molecule has 0 radical (unpaired) electrons. The molecule has 0 aliphatic rings. The highest BCUT2D eigenvalue weighted by Gasteiger charge is 2.04. The molecule has 1 aromatic heterocycles. The first-order valence-electron chi connectivity index (χ1n) is 4.70. The van der Waals surface area contributed by atoms with Crippen LogP contribution in [0.1, 0.15) is 5.69 Å². The number of aromatic nitrogens is 2. The number of hydrogen-bond donors (Lipinski definition) is 0. The average Bonchev–Trinajstić information content (AvgIpc) is 2.35. The van der Waals surface area contributed by atoms with E-state index in [1.807, 2.05) is 0 Å². The van der Waals surface area contributed by atoms with Crippen LogP contribution in [0, 0.1) is 5.82 Å². The number of halogens is 3. The maximum atomic E-state index is 13.1. The second-order valence-electron chi connectivity index (χ2n) is 3.17. The Kier molecular flexibility index (Phi) is 3.76. The van der Waals surface area contributed by atoms with Crippen LogP contribution < -0.4 is 4.74 Å². The fourth-order valence-corrected chi connectivity index (χ4v) is 1.39. The molecule has 0 unspecified atom stereocenters. The number of nitrogens with zero attached hydrogens (tertiary/aromatic N) is 2. The maximum Gasteiger partial charge on any atom is 0.238 e. The van der Waals surface area contributed by atoms with E-state index < -0.39 is 5.82 Å². The quantitative estimate of drug-likeness (QED) is 0.798. The molecule has 2 aromatic rings. The van der Waals surface area contributed by atoms with Crippen molar-refractivity contribution in [1.82, 2.24) is 10.2 Å². The first kappa shape index (κ1) is 12.1. The van der Waals surface area contributed by atoms with E-state index in [1.165, 1.54) is 12.1 Å². The zero-order valence-corrected chi connectivity index (χ0v) is 10.0. The molecule has 88 valence electrons. The van der Waals surface area contributed by atoms with Gasteiger partial charge in [-0.05, 0) is 18.2 Å². The van der Waals surface area contributed by atoms with Crippen molar-refractivity contribution in [2.45, 2.75) is 5.88 Å². The van der Waals surface area contributed by atoms with Gasteiger partial charge in [0.05, 0.1) is 16.6 Å². The summed E-state index contributed by atoms with van der Waals surface area (Å²) in [6.45, 7) is 0. The second-order valence-corrected chi connectivity index (χ2v) is 3.85. The van der Waals surface area contributed by atoms with E-state index >= 15 is 0 Å². The number of ether oxygens (including phenoxy) is 1. The normalized spacial score (nSPS) is 10.3. The summed E-state index contributed by atoms with van der Waals surface area (Å²) >= 11 is 11.1. The van der Waals surface area contributed by atoms with Gasteiger partial charge < -0.3 is 4.74 Å². The monoisotopic (exact) mass is 272 g/mol. The van der Waals surface area contributed by atoms with Crippen LogP contribution in [-0.4, -0.2) is 10.2 Å². The van der Waals surface area contributed by atoms with Crippen LogP contribution in [0.3, 0.4) is 0 Å². The minimum atomic E-state index is -0.547. The van der Waals surface area contributed by atoms with Crippen molar-refractivity contribution in [3.8, 4) is 11.6 Å². The summed E-state index contributed by atoms with van der Waals surface area (Å²) in [5.74, 6) is 0.304. The summed E-state index contributed by atoms with van der Waals surface area (Å²) in [7, 11) is 0. The predicted octanol–water partition coefficient (Wildman–Crippen LogP) is 3.80. The zero-order chi connectivity index (χ0) is 12.3. The topological polar surface area (TPSA) is 35.0 Å². The summed E-state index contributed by atoms with van der Waals surface area (Å²) in [4.78, 5) is 0. The second kappa shape index (κ2) is 5.29. The first-order valence-corrected chi connectivity index (χ1v) is 5.62. The molecule has 0 bridgehead atoms. The van der Waals surface area contributed by atoms with Gasteiger partial charge in [-0.15, -0.1) is 16.7 Å². The largest absolute Gasteiger partial charge is 0.437 e. The standard InChI is InChI=1S/C11H7Cl2FN2O/c12-6-7-1-4-11(16-15-7)17-8-2-3-9(13)10(14)5-8/h1-5H,6H2. The molecule has 0 N–H and O–H groups in total. The average molecular weight is 273 g/mol. The SMILES string of the molecule is Fc1cc(Oc2ccc(CCl)nn2)ccc1Cl. The Bertz CT molecular complexity index is 519. The summed E-state index contributed by atoms with van der Waals surface area (Å²) in [6.07, 6.45) is 0. The van der Waals surface area contributed by atoms with Crippen molar-refractivity contribution in [1.29, 1.82) is 0 Å². The van der Waals surface area contributed by atoms with Crippen LogP contribution in [0.5, 0.6) is 11.6 Å². The number of benzene rings is 1. The highest BCUT2D eigenvalue weighted by atomic mass is 35.5. The molecule has 3 nitrogen and oxygen atoms in total. The van der Waals surface area contributed by atoms with Crippen LogP contribution in [0.4, 0.5) is 4.39 Å². The minimum absolute atomic E-state index is 0.0425. The van der Waals surface area contributed by atoms with E-state index in [2.05, 4.69) is 10.2 Å². The van der Waals surface area contributed by atoms with Gasteiger partial charge in [0.1, 0.15) is 11.6 Å². The van der Waals surface area contributed by atoms with Gasteiger partial charge in [-0.3, -0.25) is 0 Å². The molecule has 1 aromatic carbocycles. The lowest BCUT2D eigenvalue weighted by Crippen LogP contribution is -1.93. The Morgan fingerprint density at radius 3 is 2.59 bits per heavy atom. The molecular weight excluding hydrogens is 266 g/mol. The highest BCUT2D eigenvalue weighted by Crippen LogP contribution is 2.24. The van der Waals surface area contributed by atoms with Crippen molar-refractivity contribution in [3.05, 3.63) is 46.9 Å². The van der Waals surface area contributed by atoms with Gasteiger partial charge in [0.25, 0.3) is 0 Å². The smallest absolute Gasteiger partial charge is 0.238 e. The van der Waals surface area contributed by atoms with E-state index in [9.17, 15) is 4.39 Å². The van der Waals surface area contributed by atoms with Crippen LogP contribution in [0.15, 0.2) is 30.3 Å². The summed E-state index contributed by atoms with van der Waals surface area (Å²) in [6, 6.07) is 7.42. The third-order valence-electron chi connectivity index (χ3n) is 1.95. The molecule has 0 atom stereocenters. The fourth-order valence-electron chi connectivity index (χ4n) is 1.13. The molecule has 0 aliphatic heterocycles. The Hall–Kier alpha value is -1.39. The number of alkyl halides is 1. The zero-order valence-electron chi connectivity index (χ0n) is 8.53. The molecule has 17 heavy (non-hydrogen) atoms. The van der Waals surface area contributed by atoms with Crippen LogP contribution >= 0.6 is 23.2 Å². The molecule has 0 amide bonds. The van der Waals surface area contributed by atoms with Crippen molar-refractivity contribution in [2.24, 2.45) is 0 Å². The van der Waals surface area contributed by atoms with E-state index in [0.717, 1.165) is 0 Å². The lowest BCUT2D eigenvalue weighted by molar-refractivity contribution is 0.450. The first-order chi connectivity index (χ1) is 8.19. The van der Waals surface area contributed by atoms with Gasteiger partial charge in [-0.1, -0.05) is 11.6 Å². The van der Waals surface area contributed by atoms with Crippen LogP contribution in [-0.2, 0) is 5.88 Å². The van der Waals surface area contributed by atoms with Gasteiger partial charge in [0.15, 0.2) is 0 Å². The molecule has 6 heteroatoms. The molecule has 0 spiro atoms. The van der Waals surface area contributed by atoms with Gasteiger partial charge in [0, 0.05) is 12.1 Å². The van der Waals surface area contributed by atoms with Crippen molar-refractivity contribution < 1.29 is 9.13 Å². The molecule has 0 aliphatic carbocycles. The van der Waals surface area contributed by atoms with Crippen LogP contribution in [0.25, 0.3) is 0 Å². The number of rotatable bonds is 3. The summed E-state index contributed by atoms with van der Waals surface area (Å²) in [5.41, 5.74) is 0.640. The molecule has 2 rings (SSSR count). The Labute approximate surface area is 107 Å². The minimum Gasteiger partial charge on any atom is -0.437 e. The van der Waals surface area contributed by atoms with Crippen molar-refractivity contribution >= 4 is 23.2 Å². The van der Waals surface area contributed by atoms with Crippen molar-refractivity contribution in [3.63, 3.8) is 0 Å². The molecule has 1 heterocycles.